The largest absolute Gasteiger partial charge is 0.305 e. The molecule has 44 heavy (non-hydrogen) atoms. The molecule has 0 fully saturated rings. The minimum atomic E-state index is 0.700. The average molecular weight is 619 g/mol. The van der Waals surface area contributed by atoms with Crippen molar-refractivity contribution in [3.8, 4) is 0 Å². The molecule has 4 heteroatoms. The first-order valence-electron chi connectivity index (χ1n) is 19.8. The highest BCUT2D eigenvalue weighted by Crippen LogP contribution is 2.43. The quantitative estimate of drug-likeness (QED) is 0.0436. The zero-order valence-corrected chi connectivity index (χ0v) is 30.0. The zero-order valence-electron chi connectivity index (χ0n) is 30.0. The van der Waals surface area contributed by atoms with Crippen LogP contribution in [-0.2, 0) is 9.68 Å². The maximum atomic E-state index is 5.56. The van der Waals surface area contributed by atoms with Gasteiger partial charge >= 0.3 is 0 Å². The van der Waals surface area contributed by atoms with Crippen molar-refractivity contribution in [2.24, 2.45) is 29.6 Å². The third-order valence-corrected chi connectivity index (χ3v) is 9.94. The number of hydrogen-bond acceptors (Lipinski definition) is 4. The Morgan fingerprint density at radius 2 is 1.09 bits per heavy atom. The molecule has 0 aromatic heterocycles. The van der Waals surface area contributed by atoms with Gasteiger partial charge in [-0.3, -0.25) is 0 Å². The number of hydrogen-bond donors (Lipinski definition) is 2. The molecule has 0 saturated heterocycles. The molecule has 0 aliphatic heterocycles. The fourth-order valence-electron chi connectivity index (χ4n) is 7.13. The maximum absolute atomic E-state index is 5.56. The summed E-state index contributed by atoms with van der Waals surface area (Å²) in [6.07, 6.45) is 45.3. The van der Waals surface area contributed by atoms with Crippen molar-refractivity contribution < 1.29 is 9.68 Å². The van der Waals surface area contributed by atoms with E-state index in [0.717, 1.165) is 43.2 Å². The van der Waals surface area contributed by atoms with E-state index < -0.39 is 0 Å². The van der Waals surface area contributed by atoms with Crippen LogP contribution in [-0.4, -0.2) is 19.8 Å². The molecular formula is C40H78N2O2. The van der Waals surface area contributed by atoms with E-state index in [1.54, 1.807) is 0 Å². The lowest BCUT2D eigenvalue weighted by atomic mass is 9.66. The molecule has 1 aliphatic carbocycles. The molecule has 0 aromatic rings. The van der Waals surface area contributed by atoms with Crippen LogP contribution in [0.1, 0.15) is 188 Å². The van der Waals surface area contributed by atoms with Crippen molar-refractivity contribution in [1.29, 1.82) is 0 Å². The van der Waals surface area contributed by atoms with E-state index in [1.807, 2.05) is 0 Å². The van der Waals surface area contributed by atoms with Crippen molar-refractivity contribution in [3.63, 3.8) is 0 Å². The Kier molecular flexibility index (Phi) is 30.3. The molecule has 0 heterocycles. The summed E-state index contributed by atoms with van der Waals surface area (Å²) in [5, 5.41) is 0. The molecule has 0 radical (unpaired) electrons. The van der Waals surface area contributed by atoms with E-state index in [-0.39, 0.29) is 0 Å². The van der Waals surface area contributed by atoms with Crippen molar-refractivity contribution in [2.45, 2.75) is 188 Å². The SMILES string of the molecule is CCCCCCC1C=CC(CCCCCCCCONCCCC)C(/C=C\CCCCCCCCON)C1CCCCCC. The first kappa shape index (κ1) is 41.3. The molecule has 0 bridgehead atoms. The molecule has 3 N–H and O–H groups in total. The molecule has 1 rings (SSSR count). The highest BCUT2D eigenvalue weighted by Gasteiger charge is 2.33. The second kappa shape index (κ2) is 32.3. The van der Waals surface area contributed by atoms with Gasteiger partial charge in [0.25, 0.3) is 0 Å². The van der Waals surface area contributed by atoms with Gasteiger partial charge in [-0.25, -0.2) is 11.4 Å². The molecule has 0 saturated carbocycles. The summed E-state index contributed by atoms with van der Waals surface area (Å²) >= 11 is 0. The fourth-order valence-corrected chi connectivity index (χ4v) is 7.13. The Balaban J connectivity index is 2.62. The number of unbranched alkanes of at least 4 members (excludes halogenated alkanes) is 18. The van der Waals surface area contributed by atoms with Crippen molar-refractivity contribution in [2.75, 3.05) is 19.8 Å². The Hall–Kier alpha value is -0.680. The lowest BCUT2D eigenvalue weighted by molar-refractivity contribution is 0.0379. The summed E-state index contributed by atoms with van der Waals surface area (Å²) in [5.74, 6) is 8.26. The van der Waals surface area contributed by atoms with E-state index in [1.165, 1.54) is 161 Å². The van der Waals surface area contributed by atoms with Gasteiger partial charge in [0, 0.05) is 6.54 Å². The van der Waals surface area contributed by atoms with Gasteiger partial charge in [-0.2, -0.15) is 0 Å². The third kappa shape index (κ3) is 22.8. The van der Waals surface area contributed by atoms with Gasteiger partial charge in [0.05, 0.1) is 13.2 Å². The van der Waals surface area contributed by atoms with Crippen molar-refractivity contribution in [3.05, 3.63) is 24.3 Å². The van der Waals surface area contributed by atoms with Gasteiger partial charge in [0.2, 0.25) is 0 Å². The van der Waals surface area contributed by atoms with E-state index in [9.17, 15) is 0 Å². The third-order valence-electron chi connectivity index (χ3n) is 9.94. The smallest absolute Gasteiger partial charge is 0.0682 e. The number of rotatable bonds is 33. The lowest BCUT2D eigenvalue weighted by Crippen LogP contribution is -2.30. The minimum Gasteiger partial charge on any atom is -0.305 e. The molecule has 0 amide bonds. The summed E-state index contributed by atoms with van der Waals surface area (Å²) in [6, 6.07) is 0. The van der Waals surface area contributed by atoms with E-state index in [2.05, 4.69) is 50.6 Å². The van der Waals surface area contributed by atoms with Crippen LogP contribution in [0.25, 0.3) is 0 Å². The van der Waals surface area contributed by atoms with Crippen LogP contribution in [0.2, 0.25) is 0 Å². The standard InChI is InChI=1S/C40H78N2O2/c1-4-7-10-22-28-37-32-33-38(29-23-18-15-17-21-27-36-44-42-34-9-6-3)40(39(37)30-24-11-8-5-2)31-25-19-14-12-13-16-20-26-35-43-41/h25,31-33,37-40,42H,4-24,26-30,34-36,41H2,1-3H3/b31-25-. The number of nitrogens with two attached hydrogens (primary N) is 1. The monoisotopic (exact) mass is 619 g/mol. The van der Waals surface area contributed by atoms with Crippen LogP contribution in [0, 0.1) is 23.7 Å². The minimum absolute atomic E-state index is 0.700. The van der Waals surface area contributed by atoms with Crippen LogP contribution in [0.15, 0.2) is 24.3 Å². The molecule has 0 spiro atoms. The van der Waals surface area contributed by atoms with E-state index in [4.69, 9.17) is 15.6 Å². The van der Waals surface area contributed by atoms with Gasteiger partial charge in [-0.15, -0.1) is 0 Å². The molecule has 260 valence electrons. The van der Waals surface area contributed by atoms with Gasteiger partial charge in [-0.1, -0.05) is 161 Å². The Morgan fingerprint density at radius 3 is 1.75 bits per heavy atom. The molecule has 1 aliphatic rings. The van der Waals surface area contributed by atoms with E-state index in [0.29, 0.717) is 6.61 Å². The maximum Gasteiger partial charge on any atom is 0.0682 e. The summed E-state index contributed by atoms with van der Waals surface area (Å²) in [5.41, 5.74) is 3.10. The number of hydroxylamine groups is 1. The molecular weight excluding hydrogens is 540 g/mol. The van der Waals surface area contributed by atoms with Crippen molar-refractivity contribution in [1.82, 2.24) is 5.48 Å². The fraction of sp³-hybridized carbons (Fsp3) is 0.900. The summed E-state index contributed by atoms with van der Waals surface area (Å²) in [4.78, 5) is 10.3. The van der Waals surface area contributed by atoms with Crippen LogP contribution in [0.4, 0.5) is 0 Å². The Bertz CT molecular complexity index is 637. The Labute approximate surface area is 276 Å². The zero-order chi connectivity index (χ0) is 31.8. The predicted molar refractivity (Wildman–Crippen MR) is 193 cm³/mol. The average Bonchev–Trinajstić information content (AvgIpc) is 3.04. The highest BCUT2D eigenvalue weighted by atomic mass is 16.6. The molecule has 0 aromatic carbocycles. The first-order chi connectivity index (χ1) is 21.8. The molecule has 4 unspecified atom stereocenters. The van der Waals surface area contributed by atoms with Gasteiger partial charge < -0.3 is 9.68 Å². The van der Waals surface area contributed by atoms with Crippen LogP contribution in [0.5, 0.6) is 0 Å². The number of allylic oxidation sites excluding steroid dienone is 4. The molecule has 4 nitrogen and oxygen atoms in total. The second-order valence-electron chi connectivity index (χ2n) is 13.9. The normalized spacial score (nSPS) is 20.3. The summed E-state index contributed by atoms with van der Waals surface area (Å²) < 4.78 is 0. The highest BCUT2D eigenvalue weighted by molar-refractivity contribution is 5.10. The molecule has 4 atom stereocenters. The van der Waals surface area contributed by atoms with Gasteiger partial charge in [-0.05, 0) is 75.0 Å². The van der Waals surface area contributed by atoms with Crippen LogP contribution < -0.4 is 11.4 Å². The summed E-state index contributed by atoms with van der Waals surface area (Å²) in [6.45, 7) is 9.43. The van der Waals surface area contributed by atoms with Gasteiger partial charge in [0.15, 0.2) is 0 Å². The Morgan fingerprint density at radius 1 is 0.568 bits per heavy atom. The summed E-state index contributed by atoms with van der Waals surface area (Å²) in [7, 11) is 0. The van der Waals surface area contributed by atoms with Crippen LogP contribution in [0.3, 0.4) is 0 Å². The van der Waals surface area contributed by atoms with Gasteiger partial charge in [0.1, 0.15) is 0 Å². The van der Waals surface area contributed by atoms with Crippen molar-refractivity contribution >= 4 is 0 Å². The predicted octanol–water partition coefficient (Wildman–Crippen LogP) is 12.2. The van der Waals surface area contributed by atoms with Crippen LogP contribution >= 0.6 is 0 Å². The topological polar surface area (TPSA) is 56.5 Å². The second-order valence-corrected chi connectivity index (χ2v) is 13.9. The first-order valence-corrected chi connectivity index (χ1v) is 19.8. The van der Waals surface area contributed by atoms with E-state index >= 15 is 0 Å². The lowest BCUT2D eigenvalue weighted by Gasteiger charge is -2.39. The number of nitrogens with one attached hydrogen (secondary N) is 1.